The molecule has 2 fully saturated rings. The molecule has 1 aromatic carbocycles. The molecule has 5 N–H and O–H groups in total. The van der Waals surface area contributed by atoms with Crippen LogP contribution in [0.25, 0.3) is 0 Å². The Bertz CT molecular complexity index is 931. The minimum absolute atomic E-state index is 0.223. The van der Waals surface area contributed by atoms with Crippen LogP contribution in [0.5, 0.6) is 5.75 Å². The second-order valence-corrected chi connectivity index (χ2v) is 11.0. The van der Waals surface area contributed by atoms with Gasteiger partial charge in [-0.05, 0) is 49.8 Å². The first-order chi connectivity index (χ1) is 16.6. The molecule has 7 nitrogen and oxygen atoms in total. The largest absolute Gasteiger partial charge is 0.493 e. The highest BCUT2D eigenvalue weighted by Crippen LogP contribution is 2.44. The topological polar surface area (TPSA) is 120 Å². The van der Waals surface area contributed by atoms with Crippen molar-refractivity contribution in [1.82, 2.24) is 0 Å². The molecule has 4 rings (SSSR count). The van der Waals surface area contributed by atoms with E-state index in [1.165, 1.54) is 25.7 Å². The van der Waals surface area contributed by atoms with Gasteiger partial charge in [-0.3, -0.25) is 0 Å². The van der Waals surface area contributed by atoms with Crippen molar-refractivity contribution in [2.45, 2.75) is 83.1 Å². The maximum absolute atomic E-state index is 11.4. The average molecular weight is 489 g/mol. The van der Waals surface area contributed by atoms with Crippen LogP contribution in [0, 0.1) is 17.3 Å². The van der Waals surface area contributed by atoms with Crippen LogP contribution in [0.2, 0.25) is 0 Å². The maximum atomic E-state index is 11.4. The predicted octanol–water partition coefficient (Wildman–Crippen LogP) is 2.49. The summed E-state index contributed by atoms with van der Waals surface area (Å²) in [5.41, 5.74) is 3.51. The summed E-state index contributed by atoms with van der Waals surface area (Å²) in [4.78, 5) is 0. The third-order valence-corrected chi connectivity index (χ3v) is 8.34. The van der Waals surface area contributed by atoms with Crippen molar-refractivity contribution in [1.29, 1.82) is 0 Å². The lowest BCUT2D eigenvalue weighted by Crippen LogP contribution is -2.68. The van der Waals surface area contributed by atoms with Crippen molar-refractivity contribution >= 4 is 0 Å². The molecular formula is C28H40O7. The van der Waals surface area contributed by atoms with Gasteiger partial charge in [-0.1, -0.05) is 62.1 Å². The normalized spacial score (nSPS) is 37.0. The van der Waals surface area contributed by atoms with Crippen LogP contribution in [0.3, 0.4) is 0 Å². The second-order valence-electron chi connectivity index (χ2n) is 11.0. The van der Waals surface area contributed by atoms with E-state index in [2.05, 4.69) is 19.1 Å². The zero-order valence-electron chi connectivity index (χ0n) is 20.9. The molecule has 1 aliphatic heterocycles. The number of allylic oxidation sites excluding steroid dienone is 3. The maximum Gasteiger partial charge on any atom is 0.202 e. The van der Waals surface area contributed by atoms with E-state index in [4.69, 9.17) is 9.47 Å². The molecule has 0 bridgehead atoms. The summed E-state index contributed by atoms with van der Waals surface area (Å²) < 4.78 is 11.7. The third kappa shape index (κ3) is 5.22. The number of aliphatic hydroxyl groups is 5. The fourth-order valence-corrected chi connectivity index (χ4v) is 5.90. The minimum atomic E-state index is -2.15. The van der Waals surface area contributed by atoms with Gasteiger partial charge >= 0.3 is 0 Å². The molecule has 0 spiro atoms. The molecule has 0 amide bonds. The van der Waals surface area contributed by atoms with E-state index < -0.39 is 42.7 Å². The summed E-state index contributed by atoms with van der Waals surface area (Å²) in [6, 6.07) is 8.09. The van der Waals surface area contributed by atoms with E-state index in [-0.39, 0.29) is 11.3 Å². The summed E-state index contributed by atoms with van der Waals surface area (Å²) in [6.07, 6.45) is 3.22. The number of rotatable bonds is 7. The average Bonchev–Trinajstić information content (AvgIpc) is 3.29. The first kappa shape index (κ1) is 26.3. The van der Waals surface area contributed by atoms with Gasteiger partial charge in [0.05, 0.1) is 13.2 Å². The van der Waals surface area contributed by atoms with Crippen LogP contribution in [0.1, 0.15) is 52.0 Å². The van der Waals surface area contributed by atoms with Gasteiger partial charge in [-0.25, -0.2) is 0 Å². The minimum Gasteiger partial charge on any atom is -0.493 e. The van der Waals surface area contributed by atoms with Gasteiger partial charge in [0, 0.05) is 11.3 Å². The van der Waals surface area contributed by atoms with E-state index in [1.54, 1.807) is 6.08 Å². The fourth-order valence-electron chi connectivity index (χ4n) is 5.90. The Morgan fingerprint density at radius 2 is 1.71 bits per heavy atom. The van der Waals surface area contributed by atoms with E-state index in [1.807, 2.05) is 32.1 Å². The van der Waals surface area contributed by atoms with Crippen LogP contribution in [-0.4, -0.2) is 68.9 Å². The van der Waals surface area contributed by atoms with Crippen molar-refractivity contribution in [2.75, 3.05) is 13.2 Å². The number of hydrogen-bond donors (Lipinski definition) is 5. The molecule has 7 atom stereocenters. The zero-order valence-corrected chi connectivity index (χ0v) is 20.9. The van der Waals surface area contributed by atoms with Gasteiger partial charge < -0.3 is 35.0 Å². The number of ether oxygens (including phenoxy) is 2. The lowest BCUT2D eigenvalue weighted by Gasteiger charge is -2.50. The molecule has 7 heteroatoms. The van der Waals surface area contributed by atoms with Crippen molar-refractivity contribution in [3.63, 3.8) is 0 Å². The summed E-state index contributed by atoms with van der Waals surface area (Å²) in [7, 11) is 0. The Kier molecular flexibility index (Phi) is 7.77. The summed E-state index contributed by atoms with van der Waals surface area (Å²) >= 11 is 0. The fraction of sp³-hybridized carbons (Fsp3) is 0.643. The van der Waals surface area contributed by atoms with Crippen LogP contribution in [0.15, 0.2) is 47.6 Å². The highest BCUT2D eigenvalue weighted by Gasteiger charge is 2.57. The standard InChI is InChI=1S/C28H40O7/c1-17-6-11-22(28(33)26(32)25(31)24(30)23(15-29)35-28)18(2)21(17)14-19-7-9-20(10-8-19)34-16-27(3)12-4-5-13-27/h6-11,18,22-26,29-33H,4-5,12-16H2,1-3H3/t18?,22?,23-,24-,25?,26-,28?/m1/s1. The van der Waals surface area contributed by atoms with E-state index in [9.17, 15) is 25.5 Å². The number of hydrogen-bond acceptors (Lipinski definition) is 7. The lowest BCUT2D eigenvalue weighted by atomic mass is 9.71. The van der Waals surface area contributed by atoms with E-state index in [0.717, 1.165) is 29.1 Å². The molecule has 1 aromatic rings. The molecule has 2 aliphatic carbocycles. The van der Waals surface area contributed by atoms with Gasteiger partial charge in [-0.15, -0.1) is 0 Å². The Morgan fingerprint density at radius 3 is 2.34 bits per heavy atom. The van der Waals surface area contributed by atoms with Gasteiger partial charge in [0.2, 0.25) is 5.79 Å². The third-order valence-electron chi connectivity index (χ3n) is 8.34. The Hall–Kier alpha value is -1.74. The van der Waals surface area contributed by atoms with Crippen molar-refractivity contribution in [2.24, 2.45) is 17.3 Å². The second kappa shape index (κ2) is 10.3. The van der Waals surface area contributed by atoms with E-state index in [0.29, 0.717) is 6.42 Å². The molecule has 1 saturated carbocycles. The van der Waals surface area contributed by atoms with Crippen LogP contribution < -0.4 is 4.74 Å². The number of benzene rings is 1. The van der Waals surface area contributed by atoms with Gasteiger partial charge in [0.15, 0.2) is 0 Å². The van der Waals surface area contributed by atoms with Crippen molar-refractivity contribution in [3.05, 3.63) is 53.1 Å². The summed E-state index contributed by atoms with van der Waals surface area (Å²) in [6.45, 7) is 6.40. The summed E-state index contributed by atoms with van der Waals surface area (Å²) in [5, 5.41) is 52.0. The molecule has 0 aromatic heterocycles. The Labute approximate surface area is 207 Å². The Morgan fingerprint density at radius 1 is 1.06 bits per heavy atom. The lowest BCUT2D eigenvalue weighted by molar-refractivity contribution is -0.366. The molecule has 194 valence electrons. The Balaban J connectivity index is 1.46. The molecular weight excluding hydrogens is 448 g/mol. The highest BCUT2D eigenvalue weighted by molar-refractivity contribution is 5.38. The quantitative estimate of drug-likeness (QED) is 0.400. The number of aliphatic hydroxyl groups excluding tert-OH is 4. The summed E-state index contributed by atoms with van der Waals surface area (Å²) in [5.74, 6) is -2.19. The molecule has 4 unspecified atom stereocenters. The molecule has 35 heavy (non-hydrogen) atoms. The first-order valence-electron chi connectivity index (χ1n) is 12.7. The van der Waals surface area contributed by atoms with Crippen molar-refractivity contribution in [3.8, 4) is 5.75 Å². The smallest absolute Gasteiger partial charge is 0.202 e. The monoisotopic (exact) mass is 488 g/mol. The molecule has 1 heterocycles. The zero-order chi connectivity index (χ0) is 25.4. The van der Waals surface area contributed by atoms with Crippen LogP contribution in [0.4, 0.5) is 0 Å². The van der Waals surface area contributed by atoms with Gasteiger partial charge in [0.25, 0.3) is 0 Å². The highest BCUT2D eigenvalue weighted by atomic mass is 16.7. The van der Waals surface area contributed by atoms with Gasteiger partial charge in [-0.2, -0.15) is 0 Å². The van der Waals surface area contributed by atoms with Gasteiger partial charge in [0.1, 0.15) is 30.2 Å². The molecule has 3 aliphatic rings. The van der Waals surface area contributed by atoms with Crippen LogP contribution in [-0.2, 0) is 11.2 Å². The molecule has 0 radical (unpaired) electrons. The SMILES string of the molecule is CC1=C(Cc2ccc(OCC3(C)CCCC3)cc2)C(C)C(C2(O)O[C@H](CO)[C@@H](O)C(O)[C@H]2O)C=C1. The molecule has 1 saturated heterocycles. The first-order valence-corrected chi connectivity index (χ1v) is 12.7. The van der Waals surface area contributed by atoms with Crippen LogP contribution >= 0.6 is 0 Å². The van der Waals surface area contributed by atoms with E-state index >= 15 is 0 Å². The predicted molar refractivity (Wildman–Crippen MR) is 132 cm³/mol. The van der Waals surface area contributed by atoms with Crippen molar-refractivity contribution < 1.29 is 35.0 Å².